The van der Waals surface area contributed by atoms with Gasteiger partial charge < -0.3 is 5.32 Å². The molecule has 0 radical (unpaired) electrons. The third-order valence-corrected chi connectivity index (χ3v) is 3.78. The van der Waals surface area contributed by atoms with Crippen LogP contribution in [-0.2, 0) is 13.6 Å². The van der Waals surface area contributed by atoms with Gasteiger partial charge in [0.25, 0.3) is 5.91 Å². The lowest BCUT2D eigenvalue weighted by atomic mass is 10.2. The number of amides is 1. The van der Waals surface area contributed by atoms with Crippen molar-refractivity contribution in [3.05, 3.63) is 51.5 Å². The molecule has 1 aromatic carbocycles. The maximum Gasteiger partial charge on any atom is 0.252 e. The minimum Gasteiger partial charge on any atom is -0.348 e. The molecule has 0 fully saturated rings. The Kier molecular flexibility index (Phi) is 3.99. The summed E-state index contributed by atoms with van der Waals surface area (Å²) in [7, 11) is 1.84. The molecule has 0 spiro atoms. The van der Waals surface area contributed by atoms with Crippen molar-refractivity contribution >= 4 is 21.8 Å². The number of carbonyl (C=O) groups is 1. The van der Waals surface area contributed by atoms with Crippen molar-refractivity contribution < 1.29 is 9.18 Å². The van der Waals surface area contributed by atoms with Gasteiger partial charge in [-0.1, -0.05) is 6.07 Å². The van der Waals surface area contributed by atoms with Gasteiger partial charge in [-0.25, -0.2) is 4.39 Å². The highest BCUT2D eigenvalue weighted by Crippen LogP contribution is 2.20. The van der Waals surface area contributed by atoms with Crippen LogP contribution in [0.15, 0.2) is 28.9 Å². The van der Waals surface area contributed by atoms with Gasteiger partial charge in [-0.2, -0.15) is 5.10 Å². The van der Waals surface area contributed by atoms with E-state index in [1.54, 1.807) is 16.9 Å². The molecule has 0 aliphatic carbocycles. The molecule has 0 saturated carbocycles. The van der Waals surface area contributed by atoms with Gasteiger partial charge in [0.15, 0.2) is 0 Å². The lowest BCUT2D eigenvalue weighted by molar-refractivity contribution is 0.0949. The van der Waals surface area contributed by atoms with Gasteiger partial charge in [0.05, 0.1) is 16.2 Å². The Bertz CT molecular complexity index is 624. The fraction of sp³-hybridized carbons (Fsp3) is 0.231. The van der Waals surface area contributed by atoms with Gasteiger partial charge in [-0.3, -0.25) is 9.48 Å². The van der Waals surface area contributed by atoms with Crippen LogP contribution in [0.5, 0.6) is 0 Å². The topological polar surface area (TPSA) is 46.9 Å². The second-order valence-corrected chi connectivity index (χ2v) is 4.96. The number of hydrogen-bond donors (Lipinski definition) is 1. The lowest BCUT2D eigenvalue weighted by Gasteiger charge is -2.07. The highest BCUT2D eigenvalue weighted by molar-refractivity contribution is 9.10. The highest BCUT2D eigenvalue weighted by Gasteiger charge is 2.13. The van der Waals surface area contributed by atoms with Crippen LogP contribution in [0, 0.1) is 12.7 Å². The first kappa shape index (κ1) is 13.7. The van der Waals surface area contributed by atoms with Crippen LogP contribution in [0.3, 0.4) is 0 Å². The number of nitrogens with one attached hydrogen (secondary N) is 1. The molecule has 1 N–H and O–H groups in total. The first-order valence-corrected chi connectivity index (χ1v) is 6.49. The molecule has 0 bridgehead atoms. The van der Waals surface area contributed by atoms with E-state index in [0.29, 0.717) is 6.54 Å². The van der Waals surface area contributed by atoms with E-state index < -0.39 is 5.82 Å². The first-order valence-electron chi connectivity index (χ1n) is 5.70. The minimum absolute atomic E-state index is 0.176. The molecular formula is C13H13BrFN3O. The summed E-state index contributed by atoms with van der Waals surface area (Å²) in [6.07, 6.45) is 1.70. The van der Waals surface area contributed by atoms with E-state index in [2.05, 4.69) is 26.3 Å². The van der Waals surface area contributed by atoms with Crippen molar-refractivity contribution in [2.75, 3.05) is 0 Å². The zero-order valence-corrected chi connectivity index (χ0v) is 12.2. The monoisotopic (exact) mass is 325 g/mol. The largest absolute Gasteiger partial charge is 0.348 e. The van der Waals surface area contributed by atoms with Crippen molar-refractivity contribution in [3.63, 3.8) is 0 Å². The Balaban J connectivity index is 2.10. The van der Waals surface area contributed by atoms with Crippen molar-refractivity contribution in [2.24, 2.45) is 7.05 Å². The van der Waals surface area contributed by atoms with E-state index in [-0.39, 0.29) is 15.9 Å². The van der Waals surface area contributed by atoms with E-state index >= 15 is 0 Å². The third-order valence-electron chi connectivity index (χ3n) is 2.97. The smallest absolute Gasteiger partial charge is 0.252 e. The minimum atomic E-state index is -0.454. The Labute approximate surface area is 118 Å². The predicted octanol–water partition coefficient (Wildman–Crippen LogP) is 2.56. The number of halogens is 2. The lowest BCUT2D eigenvalue weighted by Crippen LogP contribution is -2.23. The number of nitrogens with zero attached hydrogens (tertiary/aromatic N) is 2. The molecule has 0 unspecified atom stereocenters. The van der Waals surface area contributed by atoms with Crippen molar-refractivity contribution in [2.45, 2.75) is 13.5 Å². The molecule has 1 heterocycles. The van der Waals surface area contributed by atoms with E-state index in [4.69, 9.17) is 0 Å². The van der Waals surface area contributed by atoms with Gasteiger partial charge in [-0.05, 0) is 35.0 Å². The first-order chi connectivity index (χ1) is 9.00. The molecule has 0 aliphatic heterocycles. The summed E-state index contributed by atoms with van der Waals surface area (Å²) in [6.45, 7) is 2.29. The van der Waals surface area contributed by atoms with Gasteiger partial charge >= 0.3 is 0 Å². The number of hydrogen-bond acceptors (Lipinski definition) is 2. The van der Waals surface area contributed by atoms with E-state index in [9.17, 15) is 9.18 Å². The second kappa shape index (κ2) is 5.52. The average Bonchev–Trinajstić information content (AvgIpc) is 2.70. The molecule has 1 amide bonds. The molecule has 0 saturated heterocycles. The average molecular weight is 326 g/mol. The van der Waals surface area contributed by atoms with Crippen molar-refractivity contribution in [1.82, 2.24) is 15.1 Å². The molecule has 2 aromatic rings. The molecule has 100 valence electrons. The Morgan fingerprint density at radius 3 is 2.89 bits per heavy atom. The molecule has 2 rings (SSSR count). The number of benzene rings is 1. The van der Waals surface area contributed by atoms with Gasteiger partial charge in [0, 0.05) is 24.8 Å². The summed E-state index contributed by atoms with van der Waals surface area (Å²) < 4.78 is 15.2. The molecule has 6 heteroatoms. The van der Waals surface area contributed by atoms with E-state index in [1.807, 2.05) is 14.0 Å². The van der Waals surface area contributed by atoms with Crippen molar-refractivity contribution in [1.29, 1.82) is 0 Å². The van der Waals surface area contributed by atoms with Crippen LogP contribution >= 0.6 is 15.9 Å². The highest BCUT2D eigenvalue weighted by atomic mass is 79.9. The maximum atomic E-state index is 13.3. The van der Waals surface area contributed by atoms with Crippen LogP contribution in [-0.4, -0.2) is 15.7 Å². The van der Waals surface area contributed by atoms with Crippen molar-refractivity contribution in [3.8, 4) is 0 Å². The zero-order valence-electron chi connectivity index (χ0n) is 10.6. The van der Waals surface area contributed by atoms with Gasteiger partial charge in [0.1, 0.15) is 5.82 Å². The van der Waals surface area contributed by atoms with E-state index in [1.165, 1.54) is 12.1 Å². The van der Waals surface area contributed by atoms with Gasteiger partial charge in [-0.15, -0.1) is 0 Å². The Morgan fingerprint density at radius 1 is 1.53 bits per heavy atom. The predicted molar refractivity (Wildman–Crippen MR) is 73.2 cm³/mol. The SMILES string of the molecule is Cc1c(CNC(=O)c2cccc(F)c2Br)cnn1C. The second-order valence-electron chi connectivity index (χ2n) is 4.16. The fourth-order valence-corrected chi connectivity index (χ4v) is 2.11. The Hall–Kier alpha value is -1.69. The number of carbonyl (C=O) groups excluding carboxylic acids is 1. The van der Waals surface area contributed by atoms with Crippen LogP contribution in [0.1, 0.15) is 21.6 Å². The third kappa shape index (κ3) is 2.84. The summed E-state index contributed by atoms with van der Waals surface area (Å²) in [5.41, 5.74) is 2.20. The van der Waals surface area contributed by atoms with Crippen LogP contribution in [0.25, 0.3) is 0 Å². The quantitative estimate of drug-likeness (QED) is 0.942. The fourth-order valence-electron chi connectivity index (χ4n) is 1.67. The molecule has 1 aromatic heterocycles. The normalized spacial score (nSPS) is 10.5. The number of aromatic nitrogens is 2. The molecule has 0 atom stereocenters. The summed E-state index contributed by atoms with van der Waals surface area (Å²) in [4.78, 5) is 12.0. The van der Waals surface area contributed by atoms with E-state index in [0.717, 1.165) is 11.3 Å². The standard InChI is InChI=1S/C13H13BrFN3O/c1-8-9(7-17-18(8)2)6-16-13(19)10-4-3-5-11(15)12(10)14/h3-5,7H,6H2,1-2H3,(H,16,19). The summed E-state index contributed by atoms with van der Waals surface area (Å²) in [5.74, 6) is -0.778. The van der Waals surface area contributed by atoms with Gasteiger partial charge in [0.2, 0.25) is 0 Å². The van der Waals surface area contributed by atoms with Crippen LogP contribution < -0.4 is 5.32 Å². The summed E-state index contributed by atoms with van der Waals surface area (Å²) in [5, 5.41) is 6.84. The number of rotatable bonds is 3. The summed E-state index contributed by atoms with van der Waals surface area (Å²) >= 11 is 3.07. The van der Waals surface area contributed by atoms with Crippen LogP contribution in [0.4, 0.5) is 4.39 Å². The maximum absolute atomic E-state index is 13.3. The zero-order chi connectivity index (χ0) is 14.0. The summed E-state index contributed by atoms with van der Waals surface area (Å²) in [6, 6.07) is 4.37. The number of aryl methyl sites for hydroxylation is 1. The molecular weight excluding hydrogens is 313 g/mol. The Morgan fingerprint density at radius 2 is 2.26 bits per heavy atom. The molecule has 19 heavy (non-hydrogen) atoms. The molecule has 4 nitrogen and oxygen atoms in total. The molecule has 0 aliphatic rings. The van der Waals surface area contributed by atoms with Crippen LogP contribution in [0.2, 0.25) is 0 Å².